The van der Waals surface area contributed by atoms with E-state index in [1.54, 1.807) is 24.0 Å². The minimum Gasteiger partial charge on any atom is -0.376 e. The largest absolute Gasteiger partial charge is 0.376 e. The molecule has 2 saturated heterocycles. The number of carbonyl (C=O) groups excluding carboxylic acids is 1. The number of sulfonamides is 1. The second-order valence-corrected chi connectivity index (χ2v) is 9.17. The first-order valence-corrected chi connectivity index (χ1v) is 11.0. The molecule has 27 heavy (non-hydrogen) atoms. The molecule has 0 saturated carbocycles. The highest BCUT2D eigenvalue weighted by molar-refractivity contribution is 7.89. The van der Waals surface area contributed by atoms with Crippen LogP contribution in [0, 0.1) is 0 Å². The van der Waals surface area contributed by atoms with Gasteiger partial charge in [-0.25, -0.2) is 8.42 Å². The number of hydrogen-bond acceptors (Lipinski definition) is 5. The summed E-state index contributed by atoms with van der Waals surface area (Å²) in [6.07, 6.45) is 1.49. The van der Waals surface area contributed by atoms with Gasteiger partial charge < -0.3 is 14.4 Å². The van der Waals surface area contributed by atoms with Gasteiger partial charge in [0.05, 0.1) is 17.6 Å². The Labute approximate surface area is 165 Å². The molecule has 2 fully saturated rings. The highest BCUT2D eigenvalue weighted by Gasteiger charge is 2.32. The molecule has 0 N–H and O–H groups in total. The average molecular weight is 417 g/mol. The van der Waals surface area contributed by atoms with E-state index in [2.05, 4.69) is 0 Å². The van der Waals surface area contributed by atoms with Crippen molar-refractivity contribution in [3.05, 3.63) is 29.3 Å². The van der Waals surface area contributed by atoms with Crippen LogP contribution in [0.2, 0.25) is 5.02 Å². The third kappa shape index (κ3) is 5.00. The summed E-state index contributed by atoms with van der Waals surface area (Å²) in [6, 6.07) is 6.21. The minimum atomic E-state index is -3.61. The van der Waals surface area contributed by atoms with E-state index < -0.39 is 16.1 Å². The first kappa shape index (κ1) is 20.5. The average Bonchev–Trinajstić information content (AvgIpc) is 3.19. The van der Waals surface area contributed by atoms with Crippen LogP contribution in [0.1, 0.15) is 19.8 Å². The fraction of sp³-hybridized carbons (Fsp3) is 0.611. The number of piperazine rings is 1. The van der Waals surface area contributed by atoms with E-state index in [1.807, 2.05) is 0 Å². The standard InChI is InChI=1S/C18H25ClN2O5S/c1-14(26-13-16-5-3-11-25-16)18(22)20-7-9-21(10-8-20)27(23,24)17-6-2-4-15(19)12-17/h2,4,6,12,14,16H,3,5,7-11,13H2,1H3. The Kier molecular flexibility index (Phi) is 6.75. The van der Waals surface area contributed by atoms with Crippen molar-refractivity contribution in [2.75, 3.05) is 39.4 Å². The molecule has 2 unspecified atom stereocenters. The lowest BCUT2D eigenvalue weighted by Gasteiger charge is -2.35. The van der Waals surface area contributed by atoms with E-state index >= 15 is 0 Å². The van der Waals surface area contributed by atoms with Gasteiger partial charge in [-0.15, -0.1) is 0 Å². The Morgan fingerprint density at radius 1 is 1.33 bits per heavy atom. The third-order valence-electron chi connectivity index (χ3n) is 4.89. The summed E-state index contributed by atoms with van der Waals surface area (Å²) in [5.41, 5.74) is 0. The molecule has 2 aliphatic heterocycles. The van der Waals surface area contributed by atoms with Crippen molar-refractivity contribution in [3.63, 3.8) is 0 Å². The van der Waals surface area contributed by atoms with E-state index in [1.165, 1.54) is 16.4 Å². The van der Waals surface area contributed by atoms with Crippen molar-refractivity contribution in [3.8, 4) is 0 Å². The lowest BCUT2D eigenvalue weighted by molar-refractivity contribution is -0.145. The van der Waals surface area contributed by atoms with Gasteiger partial charge >= 0.3 is 0 Å². The van der Waals surface area contributed by atoms with Crippen LogP contribution in [0.15, 0.2) is 29.2 Å². The van der Waals surface area contributed by atoms with Gasteiger partial charge in [0.25, 0.3) is 5.91 Å². The van der Waals surface area contributed by atoms with Crippen molar-refractivity contribution in [1.82, 2.24) is 9.21 Å². The zero-order chi connectivity index (χ0) is 19.4. The predicted molar refractivity (Wildman–Crippen MR) is 101 cm³/mol. The van der Waals surface area contributed by atoms with Gasteiger partial charge in [-0.1, -0.05) is 17.7 Å². The molecule has 9 heteroatoms. The number of benzene rings is 1. The Balaban J connectivity index is 1.52. The molecule has 0 aliphatic carbocycles. The second kappa shape index (κ2) is 8.87. The topological polar surface area (TPSA) is 76.2 Å². The summed E-state index contributed by atoms with van der Waals surface area (Å²) in [5, 5.41) is 0.377. The van der Waals surface area contributed by atoms with Gasteiger partial charge in [0.15, 0.2) is 0 Å². The number of halogens is 1. The molecule has 0 radical (unpaired) electrons. The van der Waals surface area contributed by atoms with Crippen molar-refractivity contribution < 1.29 is 22.7 Å². The fourth-order valence-corrected chi connectivity index (χ4v) is 5.00. The molecule has 0 aromatic heterocycles. The van der Waals surface area contributed by atoms with Gasteiger partial charge in [-0.05, 0) is 38.0 Å². The summed E-state index contributed by atoms with van der Waals surface area (Å²) in [6.45, 7) is 4.07. The lowest BCUT2D eigenvalue weighted by Crippen LogP contribution is -2.52. The van der Waals surface area contributed by atoms with E-state index in [9.17, 15) is 13.2 Å². The Morgan fingerprint density at radius 3 is 2.70 bits per heavy atom. The Bertz CT molecular complexity index is 759. The van der Waals surface area contributed by atoms with Gasteiger partial charge in [-0.2, -0.15) is 4.31 Å². The maximum atomic E-state index is 12.7. The smallest absolute Gasteiger partial charge is 0.251 e. The number of nitrogens with zero attached hydrogens (tertiary/aromatic N) is 2. The highest BCUT2D eigenvalue weighted by Crippen LogP contribution is 2.21. The number of rotatable bonds is 6. The molecular formula is C18H25ClN2O5S. The third-order valence-corrected chi connectivity index (χ3v) is 7.02. The Hall–Kier alpha value is -1.19. The first-order valence-electron chi connectivity index (χ1n) is 9.15. The number of hydrogen-bond donors (Lipinski definition) is 0. The molecular weight excluding hydrogens is 392 g/mol. The summed E-state index contributed by atoms with van der Waals surface area (Å²) < 4.78 is 38.0. The molecule has 2 atom stereocenters. The van der Waals surface area contributed by atoms with E-state index in [0.29, 0.717) is 24.7 Å². The molecule has 1 amide bonds. The molecule has 2 heterocycles. The van der Waals surface area contributed by atoms with Crippen LogP contribution in [-0.2, 0) is 24.3 Å². The zero-order valence-electron chi connectivity index (χ0n) is 15.3. The van der Waals surface area contributed by atoms with Crippen LogP contribution in [0.3, 0.4) is 0 Å². The van der Waals surface area contributed by atoms with Gasteiger partial charge in [0.2, 0.25) is 10.0 Å². The SMILES string of the molecule is CC(OCC1CCCO1)C(=O)N1CCN(S(=O)(=O)c2cccc(Cl)c2)CC1. The molecule has 3 rings (SSSR count). The summed E-state index contributed by atoms with van der Waals surface area (Å²) >= 11 is 5.91. The summed E-state index contributed by atoms with van der Waals surface area (Å²) in [4.78, 5) is 14.4. The van der Waals surface area contributed by atoms with Crippen molar-refractivity contribution in [1.29, 1.82) is 0 Å². The van der Waals surface area contributed by atoms with E-state index in [0.717, 1.165) is 19.4 Å². The monoisotopic (exact) mass is 416 g/mol. The molecule has 7 nitrogen and oxygen atoms in total. The van der Waals surface area contributed by atoms with Crippen LogP contribution < -0.4 is 0 Å². The molecule has 1 aromatic carbocycles. The van der Waals surface area contributed by atoms with Crippen LogP contribution in [0.25, 0.3) is 0 Å². The van der Waals surface area contributed by atoms with Crippen LogP contribution in [0.4, 0.5) is 0 Å². The molecule has 0 spiro atoms. The maximum absolute atomic E-state index is 12.7. The molecule has 150 valence electrons. The highest BCUT2D eigenvalue weighted by atomic mass is 35.5. The van der Waals surface area contributed by atoms with E-state index in [-0.39, 0.29) is 30.0 Å². The lowest BCUT2D eigenvalue weighted by atomic mass is 10.2. The molecule has 2 aliphatic rings. The zero-order valence-corrected chi connectivity index (χ0v) is 16.9. The Morgan fingerprint density at radius 2 is 2.07 bits per heavy atom. The van der Waals surface area contributed by atoms with Crippen molar-refractivity contribution in [2.45, 2.75) is 36.9 Å². The normalized spacial score (nSPS) is 22.7. The van der Waals surface area contributed by atoms with Crippen LogP contribution in [0.5, 0.6) is 0 Å². The quantitative estimate of drug-likeness (QED) is 0.706. The maximum Gasteiger partial charge on any atom is 0.251 e. The van der Waals surface area contributed by atoms with Gasteiger partial charge in [-0.3, -0.25) is 4.79 Å². The van der Waals surface area contributed by atoms with Crippen molar-refractivity contribution >= 4 is 27.5 Å². The van der Waals surface area contributed by atoms with Crippen LogP contribution >= 0.6 is 11.6 Å². The summed E-state index contributed by atoms with van der Waals surface area (Å²) in [5.74, 6) is -0.118. The van der Waals surface area contributed by atoms with Gasteiger partial charge in [0, 0.05) is 37.8 Å². The molecule has 1 aromatic rings. The van der Waals surface area contributed by atoms with Crippen molar-refractivity contribution in [2.24, 2.45) is 0 Å². The fourth-order valence-electron chi connectivity index (χ4n) is 3.28. The van der Waals surface area contributed by atoms with Gasteiger partial charge in [0.1, 0.15) is 6.10 Å². The number of amides is 1. The molecule has 0 bridgehead atoms. The van der Waals surface area contributed by atoms with E-state index in [4.69, 9.17) is 21.1 Å². The predicted octanol–water partition coefficient (Wildman–Crippen LogP) is 1.76. The number of ether oxygens (including phenoxy) is 2. The van der Waals surface area contributed by atoms with Crippen LogP contribution in [-0.4, -0.2) is 75.1 Å². The minimum absolute atomic E-state index is 0.0694. The summed E-state index contributed by atoms with van der Waals surface area (Å²) in [7, 11) is -3.61. The second-order valence-electron chi connectivity index (χ2n) is 6.80. The first-order chi connectivity index (χ1) is 12.9. The number of carbonyl (C=O) groups is 1.